The Balaban J connectivity index is 1.75. The number of aryl methyl sites for hydroxylation is 1. The third-order valence-electron chi connectivity index (χ3n) is 3.96. The molecule has 4 aromatic rings. The number of nitrogens with zero attached hydrogens (tertiary/aromatic N) is 3. The number of nitrogens with one attached hydrogen (secondary N) is 1. The first-order valence-corrected chi connectivity index (χ1v) is 8.28. The summed E-state index contributed by atoms with van der Waals surface area (Å²) in [7, 11) is 0. The number of hydrogen-bond acceptors (Lipinski definition) is 4. The fourth-order valence-electron chi connectivity index (χ4n) is 2.72. The highest BCUT2D eigenvalue weighted by atomic mass is 35.5. The van der Waals surface area contributed by atoms with E-state index in [1.54, 1.807) is 12.5 Å². The third-order valence-corrected chi connectivity index (χ3v) is 4.29. The van der Waals surface area contributed by atoms with E-state index in [0.717, 1.165) is 33.7 Å². The number of halogens is 1. The van der Waals surface area contributed by atoms with E-state index < -0.39 is 0 Å². The number of pyridine rings is 1. The summed E-state index contributed by atoms with van der Waals surface area (Å²) < 4.78 is 0. The van der Waals surface area contributed by atoms with Crippen molar-refractivity contribution in [3.05, 3.63) is 77.7 Å². The van der Waals surface area contributed by atoms with Crippen LogP contribution in [0.5, 0.6) is 0 Å². The Bertz CT molecular complexity index is 1050. The minimum absolute atomic E-state index is 0.660. The van der Waals surface area contributed by atoms with Crippen LogP contribution < -0.4 is 5.32 Å². The molecule has 0 saturated heterocycles. The zero-order chi connectivity index (χ0) is 17.2. The number of benzene rings is 2. The average molecular weight is 347 g/mol. The highest BCUT2D eigenvalue weighted by Crippen LogP contribution is 2.31. The van der Waals surface area contributed by atoms with Gasteiger partial charge in [-0.1, -0.05) is 23.7 Å². The summed E-state index contributed by atoms with van der Waals surface area (Å²) in [6.45, 7) is 2.05. The van der Waals surface area contributed by atoms with Crippen LogP contribution in [0.3, 0.4) is 0 Å². The summed E-state index contributed by atoms with van der Waals surface area (Å²) in [4.78, 5) is 13.1. The van der Waals surface area contributed by atoms with Crippen LogP contribution in [-0.2, 0) is 0 Å². The van der Waals surface area contributed by atoms with Crippen molar-refractivity contribution in [2.75, 3.05) is 5.32 Å². The van der Waals surface area contributed by atoms with E-state index in [1.165, 1.54) is 5.56 Å². The van der Waals surface area contributed by atoms with Crippen molar-refractivity contribution in [3.63, 3.8) is 0 Å². The van der Waals surface area contributed by atoms with Gasteiger partial charge in [0, 0.05) is 22.8 Å². The molecule has 0 spiro atoms. The maximum absolute atomic E-state index is 6.35. The molecule has 0 atom stereocenters. The molecule has 0 bridgehead atoms. The van der Waals surface area contributed by atoms with Crippen molar-refractivity contribution in [3.8, 4) is 11.3 Å². The Labute approximate surface area is 150 Å². The van der Waals surface area contributed by atoms with Gasteiger partial charge in [-0.05, 0) is 55.0 Å². The molecule has 2 heterocycles. The second-order valence-corrected chi connectivity index (χ2v) is 6.18. The zero-order valence-corrected chi connectivity index (χ0v) is 14.3. The van der Waals surface area contributed by atoms with Crippen molar-refractivity contribution in [1.82, 2.24) is 15.0 Å². The number of hydrogen-bond donors (Lipinski definition) is 1. The van der Waals surface area contributed by atoms with Crippen LogP contribution in [0.25, 0.3) is 22.2 Å². The molecular formula is C20H15ClN4. The molecule has 5 heteroatoms. The predicted molar refractivity (Wildman–Crippen MR) is 102 cm³/mol. The Morgan fingerprint density at radius 3 is 2.68 bits per heavy atom. The van der Waals surface area contributed by atoms with Crippen molar-refractivity contribution in [1.29, 1.82) is 0 Å². The lowest BCUT2D eigenvalue weighted by atomic mass is 10.1. The van der Waals surface area contributed by atoms with E-state index in [-0.39, 0.29) is 0 Å². The quantitative estimate of drug-likeness (QED) is 0.539. The highest BCUT2D eigenvalue weighted by Gasteiger charge is 2.08. The summed E-state index contributed by atoms with van der Waals surface area (Å²) in [5, 5.41) is 5.00. The molecule has 2 aromatic carbocycles. The van der Waals surface area contributed by atoms with Gasteiger partial charge in [0.15, 0.2) is 0 Å². The summed E-state index contributed by atoms with van der Waals surface area (Å²) in [6.07, 6.45) is 3.33. The molecule has 0 aliphatic heterocycles. The van der Waals surface area contributed by atoms with Crippen LogP contribution >= 0.6 is 11.6 Å². The van der Waals surface area contributed by atoms with Crippen LogP contribution in [0, 0.1) is 6.92 Å². The molecule has 0 radical (unpaired) electrons. The third kappa shape index (κ3) is 3.16. The standard InChI is InChI=1S/C20H15ClN4/c1-13-5-7-15-19(10-13)23-12-24-20(15)25-14-6-8-17(21)16(11-14)18-4-2-3-9-22-18/h2-12H,1H3,(H,23,24,25). The normalized spacial score (nSPS) is 10.8. The van der Waals surface area contributed by atoms with Gasteiger partial charge in [-0.15, -0.1) is 0 Å². The fourth-order valence-corrected chi connectivity index (χ4v) is 2.94. The molecule has 4 nitrogen and oxygen atoms in total. The Morgan fingerprint density at radius 2 is 1.84 bits per heavy atom. The summed E-state index contributed by atoms with van der Waals surface area (Å²) in [5.74, 6) is 0.763. The Hall–Kier alpha value is -2.98. The Kier molecular flexibility index (Phi) is 4.04. The molecule has 0 amide bonds. The molecule has 0 aliphatic carbocycles. The lowest BCUT2D eigenvalue weighted by molar-refractivity contribution is 1.21. The van der Waals surface area contributed by atoms with Gasteiger partial charge in [0.2, 0.25) is 0 Å². The maximum atomic E-state index is 6.35. The number of fused-ring (bicyclic) bond motifs is 1. The van der Waals surface area contributed by atoms with Crippen LogP contribution in [0.2, 0.25) is 5.02 Å². The SMILES string of the molecule is Cc1ccc2c(Nc3ccc(Cl)c(-c4ccccn4)c3)ncnc2c1. The van der Waals surface area contributed by atoms with Gasteiger partial charge >= 0.3 is 0 Å². The smallest absolute Gasteiger partial charge is 0.141 e. The molecule has 0 fully saturated rings. The fraction of sp³-hybridized carbons (Fsp3) is 0.0500. The highest BCUT2D eigenvalue weighted by molar-refractivity contribution is 6.33. The molecule has 25 heavy (non-hydrogen) atoms. The lowest BCUT2D eigenvalue weighted by Gasteiger charge is -2.11. The second kappa shape index (κ2) is 6.49. The second-order valence-electron chi connectivity index (χ2n) is 5.78. The van der Waals surface area contributed by atoms with E-state index in [1.807, 2.05) is 55.5 Å². The molecular weight excluding hydrogens is 332 g/mol. The van der Waals surface area contributed by atoms with Crippen LogP contribution in [0.4, 0.5) is 11.5 Å². The van der Waals surface area contributed by atoms with Crippen molar-refractivity contribution in [2.24, 2.45) is 0 Å². The monoisotopic (exact) mass is 346 g/mol. The van der Waals surface area contributed by atoms with Crippen LogP contribution in [0.15, 0.2) is 67.1 Å². The summed E-state index contributed by atoms with van der Waals surface area (Å²) in [5.41, 5.74) is 4.68. The first kappa shape index (κ1) is 15.5. The lowest BCUT2D eigenvalue weighted by Crippen LogP contribution is -1.97. The summed E-state index contributed by atoms with van der Waals surface area (Å²) in [6, 6.07) is 17.7. The summed E-state index contributed by atoms with van der Waals surface area (Å²) >= 11 is 6.35. The van der Waals surface area contributed by atoms with E-state index in [4.69, 9.17) is 11.6 Å². The molecule has 0 saturated carbocycles. The van der Waals surface area contributed by atoms with Gasteiger partial charge in [-0.25, -0.2) is 9.97 Å². The zero-order valence-electron chi connectivity index (χ0n) is 13.6. The van der Waals surface area contributed by atoms with Gasteiger partial charge in [-0.2, -0.15) is 0 Å². The largest absolute Gasteiger partial charge is 0.340 e. The van der Waals surface area contributed by atoms with Crippen molar-refractivity contribution in [2.45, 2.75) is 6.92 Å². The van der Waals surface area contributed by atoms with Gasteiger partial charge in [0.25, 0.3) is 0 Å². The van der Waals surface area contributed by atoms with Crippen molar-refractivity contribution >= 4 is 34.0 Å². The maximum Gasteiger partial charge on any atom is 0.141 e. The van der Waals surface area contributed by atoms with Crippen LogP contribution in [-0.4, -0.2) is 15.0 Å². The van der Waals surface area contributed by atoms with Gasteiger partial charge in [-0.3, -0.25) is 4.98 Å². The minimum atomic E-state index is 0.660. The van der Waals surface area contributed by atoms with Gasteiger partial charge in [0.1, 0.15) is 12.1 Å². The van der Waals surface area contributed by atoms with Gasteiger partial charge in [0.05, 0.1) is 16.2 Å². The molecule has 2 aromatic heterocycles. The average Bonchev–Trinajstić information content (AvgIpc) is 2.64. The molecule has 1 N–H and O–H groups in total. The number of anilines is 2. The Morgan fingerprint density at radius 1 is 0.920 bits per heavy atom. The minimum Gasteiger partial charge on any atom is -0.340 e. The number of aromatic nitrogens is 3. The first-order chi connectivity index (χ1) is 12.2. The molecule has 4 rings (SSSR count). The van der Waals surface area contributed by atoms with Gasteiger partial charge < -0.3 is 5.32 Å². The van der Waals surface area contributed by atoms with E-state index in [0.29, 0.717) is 5.02 Å². The van der Waals surface area contributed by atoms with Crippen LogP contribution in [0.1, 0.15) is 5.56 Å². The topological polar surface area (TPSA) is 50.7 Å². The molecule has 0 aliphatic rings. The number of rotatable bonds is 3. The van der Waals surface area contributed by atoms with Crippen molar-refractivity contribution < 1.29 is 0 Å². The van der Waals surface area contributed by atoms with E-state index in [9.17, 15) is 0 Å². The van der Waals surface area contributed by atoms with E-state index >= 15 is 0 Å². The predicted octanol–water partition coefficient (Wildman–Crippen LogP) is 5.40. The molecule has 0 unspecified atom stereocenters. The molecule has 122 valence electrons. The first-order valence-electron chi connectivity index (χ1n) is 7.90. The van der Waals surface area contributed by atoms with E-state index in [2.05, 4.69) is 26.3 Å².